The molecule has 2 N–H and O–H groups in total. The molecule has 1 aliphatic carbocycles. The van der Waals surface area contributed by atoms with Crippen LogP contribution in [0, 0.1) is 11.8 Å². The second kappa shape index (κ2) is 5.31. The van der Waals surface area contributed by atoms with Gasteiger partial charge in [-0.3, -0.25) is 0 Å². The summed E-state index contributed by atoms with van der Waals surface area (Å²) in [4.78, 5) is 0. The van der Waals surface area contributed by atoms with Gasteiger partial charge in [0.05, 0.1) is 7.11 Å². The third-order valence-corrected chi connectivity index (χ3v) is 4.56. The fourth-order valence-corrected chi connectivity index (χ4v) is 3.05. The SMILES string of the molecule is COc1cccc(C(C)(N)C2CCC(C)CC2)c1. The van der Waals surface area contributed by atoms with Gasteiger partial charge in [0.1, 0.15) is 5.75 Å². The smallest absolute Gasteiger partial charge is 0.119 e. The predicted molar refractivity (Wildman–Crippen MR) is 75.7 cm³/mol. The standard InChI is InChI=1S/C16H25NO/c1-12-7-9-13(10-8-12)16(2,17)14-5-4-6-15(11-14)18-3/h4-6,11-13H,7-10,17H2,1-3H3. The Bertz CT molecular complexity index is 392. The number of hydrogen-bond acceptors (Lipinski definition) is 2. The van der Waals surface area contributed by atoms with Crippen LogP contribution in [0.5, 0.6) is 5.75 Å². The van der Waals surface area contributed by atoms with Crippen molar-refractivity contribution in [2.24, 2.45) is 17.6 Å². The van der Waals surface area contributed by atoms with Gasteiger partial charge in [-0.15, -0.1) is 0 Å². The zero-order chi connectivity index (χ0) is 13.2. The van der Waals surface area contributed by atoms with Gasteiger partial charge >= 0.3 is 0 Å². The minimum atomic E-state index is -0.241. The van der Waals surface area contributed by atoms with Crippen LogP contribution in [0.25, 0.3) is 0 Å². The lowest BCUT2D eigenvalue weighted by atomic mass is 9.70. The highest BCUT2D eigenvalue weighted by atomic mass is 16.5. The Kier molecular flexibility index (Phi) is 3.96. The first kappa shape index (κ1) is 13.4. The molecule has 0 aliphatic heterocycles. The average Bonchev–Trinajstić information content (AvgIpc) is 2.39. The van der Waals surface area contributed by atoms with Crippen LogP contribution in [-0.4, -0.2) is 7.11 Å². The number of ether oxygens (including phenoxy) is 1. The van der Waals surface area contributed by atoms with Crippen molar-refractivity contribution < 1.29 is 4.74 Å². The number of methoxy groups -OCH3 is 1. The maximum absolute atomic E-state index is 6.63. The summed E-state index contributed by atoms with van der Waals surface area (Å²) >= 11 is 0. The number of benzene rings is 1. The fraction of sp³-hybridized carbons (Fsp3) is 0.625. The number of nitrogens with two attached hydrogens (primary N) is 1. The lowest BCUT2D eigenvalue weighted by molar-refractivity contribution is 0.192. The van der Waals surface area contributed by atoms with Gasteiger partial charge in [-0.25, -0.2) is 0 Å². The Morgan fingerprint density at radius 2 is 1.89 bits per heavy atom. The molecule has 0 radical (unpaired) electrons. The molecule has 1 fully saturated rings. The van der Waals surface area contributed by atoms with Gasteiger partial charge < -0.3 is 10.5 Å². The third-order valence-electron chi connectivity index (χ3n) is 4.56. The van der Waals surface area contributed by atoms with Gasteiger partial charge in [-0.2, -0.15) is 0 Å². The van der Waals surface area contributed by atoms with Gasteiger partial charge in [-0.05, 0) is 49.3 Å². The molecule has 1 atom stereocenters. The molecule has 0 bridgehead atoms. The van der Waals surface area contributed by atoms with E-state index in [-0.39, 0.29) is 5.54 Å². The van der Waals surface area contributed by atoms with Gasteiger partial charge in [-0.1, -0.05) is 31.9 Å². The average molecular weight is 247 g/mol. The van der Waals surface area contributed by atoms with Crippen LogP contribution in [-0.2, 0) is 5.54 Å². The quantitative estimate of drug-likeness (QED) is 0.884. The molecule has 1 saturated carbocycles. The minimum Gasteiger partial charge on any atom is -0.497 e. The summed E-state index contributed by atoms with van der Waals surface area (Å²) in [5.41, 5.74) is 7.58. The van der Waals surface area contributed by atoms with E-state index in [0.717, 1.165) is 11.7 Å². The summed E-state index contributed by atoms with van der Waals surface area (Å²) in [6.07, 6.45) is 5.10. The van der Waals surface area contributed by atoms with Crippen molar-refractivity contribution >= 4 is 0 Å². The van der Waals surface area contributed by atoms with Crippen molar-refractivity contribution in [1.29, 1.82) is 0 Å². The molecule has 2 heteroatoms. The summed E-state index contributed by atoms with van der Waals surface area (Å²) in [5.74, 6) is 2.34. The minimum absolute atomic E-state index is 0.241. The normalized spacial score (nSPS) is 27.6. The Morgan fingerprint density at radius 1 is 1.22 bits per heavy atom. The fourth-order valence-electron chi connectivity index (χ4n) is 3.05. The first-order chi connectivity index (χ1) is 8.54. The van der Waals surface area contributed by atoms with Crippen LogP contribution < -0.4 is 10.5 Å². The van der Waals surface area contributed by atoms with Crippen molar-refractivity contribution in [3.05, 3.63) is 29.8 Å². The molecule has 1 aliphatic rings. The topological polar surface area (TPSA) is 35.2 Å². The molecule has 0 spiro atoms. The maximum Gasteiger partial charge on any atom is 0.119 e. The number of hydrogen-bond donors (Lipinski definition) is 1. The molecule has 0 heterocycles. The summed E-state index contributed by atoms with van der Waals surface area (Å²) < 4.78 is 5.30. The summed E-state index contributed by atoms with van der Waals surface area (Å²) in [6, 6.07) is 8.21. The molecule has 1 aromatic rings. The molecule has 100 valence electrons. The van der Waals surface area contributed by atoms with Crippen molar-refractivity contribution in [3.8, 4) is 5.75 Å². The Morgan fingerprint density at radius 3 is 2.50 bits per heavy atom. The lowest BCUT2D eigenvalue weighted by Crippen LogP contribution is -2.42. The zero-order valence-corrected chi connectivity index (χ0v) is 11.8. The highest BCUT2D eigenvalue weighted by Crippen LogP contribution is 2.39. The molecule has 1 aromatic carbocycles. The van der Waals surface area contributed by atoms with E-state index in [2.05, 4.69) is 26.0 Å². The molecule has 0 aromatic heterocycles. The van der Waals surface area contributed by atoms with E-state index in [4.69, 9.17) is 10.5 Å². The van der Waals surface area contributed by atoms with E-state index in [1.54, 1.807) is 7.11 Å². The largest absolute Gasteiger partial charge is 0.497 e. The van der Waals surface area contributed by atoms with E-state index in [1.807, 2.05) is 12.1 Å². The Balaban J connectivity index is 2.18. The van der Waals surface area contributed by atoms with Crippen LogP contribution in [0.1, 0.15) is 45.1 Å². The second-order valence-electron chi connectivity index (χ2n) is 5.97. The summed E-state index contributed by atoms with van der Waals surface area (Å²) in [6.45, 7) is 4.51. The van der Waals surface area contributed by atoms with E-state index in [1.165, 1.54) is 31.2 Å². The highest BCUT2D eigenvalue weighted by Gasteiger charge is 2.34. The van der Waals surface area contributed by atoms with Gasteiger partial charge in [0.2, 0.25) is 0 Å². The Hall–Kier alpha value is -1.02. The molecule has 0 saturated heterocycles. The van der Waals surface area contributed by atoms with Crippen molar-refractivity contribution in [3.63, 3.8) is 0 Å². The van der Waals surface area contributed by atoms with Crippen molar-refractivity contribution in [2.75, 3.05) is 7.11 Å². The third kappa shape index (κ3) is 2.69. The monoisotopic (exact) mass is 247 g/mol. The summed E-state index contributed by atoms with van der Waals surface area (Å²) in [5, 5.41) is 0. The van der Waals surface area contributed by atoms with E-state index in [0.29, 0.717) is 5.92 Å². The van der Waals surface area contributed by atoms with Crippen LogP contribution in [0.2, 0.25) is 0 Å². The van der Waals surface area contributed by atoms with Gasteiger partial charge in [0.15, 0.2) is 0 Å². The predicted octanol–water partition coefficient (Wildman–Crippen LogP) is 3.70. The van der Waals surface area contributed by atoms with Crippen molar-refractivity contribution in [1.82, 2.24) is 0 Å². The van der Waals surface area contributed by atoms with Crippen LogP contribution in [0.4, 0.5) is 0 Å². The highest BCUT2D eigenvalue weighted by molar-refractivity contribution is 5.33. The van der Waals surface area contributed by atoms with E-state index in [9.17, 15) is 0 Å². The molecule has 1 unspecified atom stereocenters. The molecule has 2 nitrogen and oxygen atoms in total. The van der Waals surface area contributed by atoms with Gasteiger partial charge in [0, 0.05) is 5.54 Å². The Labute approximate surface area is 111 Å². The van der Waals surface area contributed by atoms with E-state index >= 15 is 0 Å². The molecular formula is C16H25NO. The first-order valence-corrected chi connectivity index (χ1v) is 6.97. The zero-order valence-electron chi connectivity index (χ0n) is 11.8. The van der Waals surface area contributed by atoms with Crippen LogP contribution >= 0.6 is 0 Å². The number of rotatable bonds is 3. The lowest BCUT2D eigenvalue weighted by Gasteiger charge is -2.39. The first-order valence-electron chi connectivity index (χ1n) is 6.97. The molecule has 0 amide bonds. The van der Waals surface area contributed by atoms with Crippen LogP contribution in [0.3, 0.4) is 0 Å². The second-order valence-corrected chi connectivity index (χ2v) is 5.97. The molecule has 2 rings (SSSR count). The van der Waals surface area contributed by atoms with Crippen molar-refractivity contribution in [2.45, 2.75) is 45.1 Å². The molecular weight excluding hydrogens is 222 g/mol. The summed E-state index contributed by atoms with van der Waals surface area (Å²) in [7, 11) is 1.70. The maximum atomic E-state index is 6.63. The van der Waals surface area contributed by atoms with E-state index < -0.39 is 0 Å². The molecule has 18 heavy (non-hydrogen) atoms. The van der Waals surface area contributed by atoms with Gasteiger partial charge in [0.25, 0.3) is 0 Å². The van der Waals surface area contributed by atoms with Crippen LogP contribution in [0.15, 0.2) is 24.3 Å².